The third-order valence-electron chi connectivity index (χ3n) is 6.14. The molecular weight excluding hydrogens is 377 g/mol. The van der Waals surface area contributed by atoms with Crippen molar-refractivity contribution >= 4 is 16.6 Å². The van der Waals surface area contributed by atoms with Gasteiger partial charge in [0.15, 0.2) is 0 Å². The lowest BCUT2D eigenvalue weighted by atomic mass is 10.0. The molecule has 9 heteroatoms. The molecule has 2 aliphatic rings. The van der Waals surface area contributed by atoms with Crippen LogP contribution in [-0.4, -0.2) is 41.6 Å². The van der Waals surface area contributed by atoms with E-state index in [0.717, 1.165) is 19.3 Å². The maximum Gasteiger partial charge on any atom is 0.350 e. The zero-order chi connectivity index (χ0) is 20.9. The second-order valence-corrected chi connectivity index (χ2v) is 8.11. The van der Waals surface area contributed by atoms with E-state index in [-0.39, 0.29) is 23.4 Å². The summed E-state index contributed by atoms with van der Waals surface area (Å²) < 4.78 is 22.7. The van der Waals surface area contributed by atoms with Crippen molar-refractivity contribution in [3.63, 3.8) is 0 Å². The average Bonchev–Trinajstić information content (AvgIpc) is 3.42. The number of rotatable bonds is 6. The molecule has 1 saturated heterocycles. The zero-order valence-electron chi connectivity index (χ0n) is 16.9. The van der Waals surface area contributed by atoms with E-state index < -0.39 is 17.1 Å². The third-order valence-corrected chi connectivity index (χ3v) is 6.14. The Morgan fingerprint density at radius 2 is 2.03 bits per heavy atom. The van der Waals surface area contributed by atoms with Crippen LogP contribution in [-0.2, 0) is 4.74 Å². The smallest absolute Gasteiger partial charge is 0.350 e. The number of hydrogen-bond donors (Lipinski definition) is 2. The summed E-state index contributed by atoms with van der Waals surface area (Å²) in [5.41, 5.74) is 6.55. The number of fused-ring (bicyclic) bond motifs is 1. The number of nitrogens with two attached hydrogens (primary N) is 2. The van der Waals surface area contributed by atoms with E-state index in [1.54, 1.807) is 11.5 Å². The minimum absolute atomic E-state index is 0.00310. The lowest BCUT2D eigenvalue weighted by Gasteiger charge is -2.25. The first-order valence-corrected chi connectivity index (χ1v) is 10.2. The van der Waals surface area contributed by atoms with Crippen molar-refractivity contribution in [3.8, 4) is 0 Å². The van der Waals surface area contributed by atoms with Crippen LogP contribution in [0.4, 0.5) is 10.1 Å². The van der Waals surface area contributed by atoms with Gasteiger partial charge in [-0.05, 0) is 45.1 Å². The summed E-state index contributed by atoms with van der Waals surface area (Å²) in [6.45, 7) is 6.06. The molecule has 1 saturated carbocycles. The van der Waals surface area contributed by atoms with Crippen molar-refractivity contribution < 1.29 is 9.13 Å². The van der Waals surface area contributed by atoms with Gasteiger partial charge in [-0.25, -0.2) is 9.18 Å². The summed E-state index contributed by atoms with van der Waals surface area (Å²) in [5.74, 6) is 5.39. The molecule has 2 heterocycles. The molecule has 0 bridgehead atoms. The van der Waals surface area contributed by atoms with Crippen LogP contribution in [0.15, 0.2) is 15.7 Å². The van der Waals surface area contributed by atoms with Crippen LogP contribution < -0.4 is 27.7 Å². The van der Waals surface area contributed by atoms with Gasteiger partial charge in [0.1, 0.15) is 5.82 Å². The van der Waals surface area contributed by atoms with E-state index in [1.165, 1.54) is 6.07 Å². The molecule has 0 spiro atoms. The molecule has 0 amide bonds. The van der Waals surface area contributed by atoms with Crippen LogP contribution in [0, 0.1) is 18.7 Å². The number of benzene rings is 1. The Morgan fingerprint density at radius 3 is 2.69 bits per heavy atom. The maximum atomic E-state index is 15.1. The number of nitrogens with zero attached hydrogens (tertiary/aromatic N) is 3. The molecule has 4 N–H and O–H groups in total. The lowest BCUT2D eigenvalue weighted by molar-refractivity contribution is 0.119. The number of halogens is 1. The standard InChI is InChI=1S/C20H28FN5O3/c1-3-29-10-16(22)12-6-7-24(9-12)18-11(2)17-14(8-15(18)21)19(27)26(23)20(28)25(17)13-4-5-13/h8,12-13,16H,3-7,9-10,22-23H2,1-2H3. The number of aromatic nitrogens is 2. The predicted molar refractivity (Wildman–Crippen MR) is 110 cm³/mol. The fourth-order valence-corrected chi connectivity index (χ4v) is 4.45. The Balaban J connectivity index is 1.79. The molecule has 2 unspecified atom stereocenters. The molecule has 1 aromatic carbocycles. The normalized spacial score (nSPS) is 20.6. The molecule has 0 radical (unpaired) electrons. The van der Waals surface area contributed by atoms with E-state index in [9.17, 15) is 9.59 Å². The fraction of sp³-hybridized carbons (Fsp3) is 0.600. The summed E-state index contributed by atoms with van der Waals surface area (Å²) in [6.07, 6.45) is 2.53. The van der Waals surface area contributed by atoms with E-state index in [2.05, 4.69) is 0 Å². The molecule has 1 aromatic heterocycles. The Kier molecular flexibility index (Phi) is 5.12. The van der Waals surface area contributed by atoms with Gasteiger partial charge in [0, 0.05) is 37.3 Å². The number of anilines is 1. The minimum atomic E-state index is -0.673. The lowest BCUT2D eigenvalue weighted by Crippen LogP contribution is -2.44. The second kappa shape index (κ2) is 7.46. The summed E-state index contributed by atoms with van der Waals surface area (Å²) in [7, 11) is 0. The van der Waals surface area contributed by atoms with Crippen molar-refractivity contribution in [3.05, 3.63) is 38.3 Å². The molecular formula is C20H28FN5O3. The van der Waals surface area contributed by atoms with Crippen LogP contribution in [0.25, 0.3) is 10.9 Å². The molecule has 4 rings (SSSR count). The van der Waals surface area contributed by atoms with E-state index in [4.69, 9.17) is 16.3 Å². The van der Waals surface area contributed by atoms with Gasteiger partial charge in [-0.1, -0.05) is 0 Å². The SMILES string of the molecule is CCOCC(N)C1CCN(c2c(F)cc3c(=O)n(N)c(=O)n(C4CC4)c3c2C)C1. The zero-order valence-corrected chi connectivity index (χ0v) is 16.9. The van der Waals surface area contributed by atoms with Gasteiger partial charge in [-0.2, -0.15) is 4.68 Å². The summed E-state index contributed by atoms with van der Waals surface area (Å²) in [5, 5.41) is 0.140. The molecule has 29 heavy (non-hydrogen) atoms. The first-order chi connectivity index (χ1) is 13.8. The average molecular weight is 405 g/mol. The molecule has 1 aliphatic carbocycles. The molecule has 1 aliphatic heterocycles. The highest BCUT2D eigenvalue weighted by Crippen LogP contribution is 2.39. The van der Waals surface area contributed by atoms with Crippen LogP contribution in [0.2, 0.25) is 0 Å². The topological polar surface area (TPSA) is 109 Å². The molecule has 158 valence electrons. The first-order valence-electron chi connectivity index (χ1n) is 10.2. The Morgan fingerprint density at radius 1 is 1.31 bits per heavy atom. The van der Waals surface area contributed by atoms with Gasteiger partial charge in [-0.3, -0.25) is 9.36 Å². The van der Waals surface area contributed by atoms with Crippen LogP contribution in [0.3, 0.4) is 0 Å². The highest BCUT2D eigenvalue weighted by Gasteiger charge is 2.33. The Bertz CT molecular complexity index is 1060. The summed E-state index contributed by atoms with van der Waals surface area (Å²) in [6, 6.07) is 1.11. The van der Waals surface area contributed by atoms with Crippen molar-refractivity contribution in [1.29, 1.82) is 0 Å². The first kappa shape index (κ1) is 19.9. The monoisotopic (exact) mass is 405 g/mol. The van der Waals surface area contributed by atoms with Gasteiger partial charge in [0.2, 0.25) is 0 Å². The van der Waals surface area contributed by atoms with Gasteiger partial charge < -0.3 is 21.2 Å². The van der Waals surface area contributed by atoms with Gasteiger partial charge in [0.25, 0.3) is 5.56 Å². The summed E-state index contributed by atoms with van der Waals surface area (Å²) >= 11 is 0. The van der Waals surface area contributed by atoms with Crippen molar-refractivity contribution in [2.75, 3.05) is 37.0 Å². The third kappa shape index (κ3) is 3.32. The molecule has 2 atom stereocenters. The fourth-order valence-electron chi connectivity index (χ4n) is 4.45. The highest BCUT2D eigenvalue weighted by molar-refractivity contribution is 5.87. The number of nitrogen functional groups attached to an aromatic ring is 1. The van der Waals surface area contributed by atoms with E-state index in [0.29, 0.717) is 47.7 Å². The van der Waals surface area contributed by atoms with E-state index in [1.807, 2.05) is 11.8 Å². The Labute approximate surface area is 167 Å². The predicted octanol–water partition coefficient (Wildman–Crippen LogP) is 0.850. The van der Waals surface area contributed by atoms with Crippen LogP contribution >= 0.6 is 0 Å². The quantitative estimate of drug-likeness (QED) is 0.690. The molecule has 8 nitrogen and oxygen atoms in total. The number of hydrogen-bond acceptors (Lipinski definition) is 6. The second-order valence-electron chi connectivity index (χ2n) is 8.11. The van der Waals surface area contributed by atoms with Crippen molar-refractivity contribution in [2.45, 2.75) is 45.2 Å². The van der Waals surface area contributed by atoms with Crippen LogP contribution in [0.1, 0.15) is 37.8 Å². The summed E-state index contributed by atoms with van der Waals surface area (Å²) in [4.78, 5) is 27.2. The largest absolute Gasteiger partial charge is 0.380 e. The number of aryl methyl sites for hydroxylation is 1. The maximum absolute atomic E-state index is 15.1. The van der Waals surface area contributed by atoms with Crippen LogP contribution in [0.5, 0.6) is 0 Å². The number of ether oxygens (including phenoxy) is 1. The minimum Gasteiger partial charge on any atom is -0.380 e. The van der Waals surface area contributed by atoms with Crippen molar-refractivity contribution in [1.82, 2.24) is 9.24 Å². The van der Waals surface area contributed by atoms with Gasteiger partial charge in [0.05, 0.1) is 23.2 Å². The highest BCUT2D eigenvalue weighted by atomic mass is 19.1. The van der Waals surface area contributed by atoms with Gasteiger partial charge in [-0.15, -0.1) is 0 Å². The molecule has 2 fully saturated rings. The Hall–Kier alpha value is -2.39. The van der Waals surface area contributed by atoms with Gasteiger partial charge >= 0.3 is 5.69 Å². The molecule has 2 aromatic rings. The van der Waals surface area contributed by atoms with E-state index >= 15 is 4.39 Å². The van der Waals surface area contributed by atoms with Crippen molar-refractivity contribution in [2.24, 2.45) is 11.7 Å².